The first-order valence-corrected chi connectivity index (χ1v) is 5.10. The molecule has 0 atom stereocenters. The molecule has 0 radical (unpaired) electrons. The molecule has 86 valence electrons. The van der Waals surface area contributed by atoms with Gasteiger partial charge in [-0.3, -0.25) is 0 Å². The van der Waals surface area contributed by atoms with Gasteiger partial charge in [0.2, 0.25) is 0 Å². The maximum atomic E-state index is 12.6. The van der Waals surface area contributed by atoms with Crippen LogP contribution < -0.4 is 4.74 Å². The van der Waals surface area contributed by atoms with Gasteiger partial charge in [0.25, 0.3) is 5.19 Å². The maximum Gasteiger partial charge on any atom is 0.434 e. The smallest absolute Gasteiger partial charge is 0.434 e. The van der Waals surface area contributed by atoms with Gasteiger partial charge in [-0.15, -0.1) is 0 Å². The fourth-order valence-corrected chi connectivity index (χ4v) is 2.05. The lowest BCUT2D eigenvalue weighted by molar-refractivity contribution is -0.141. The van der Waals surface area contributed by atoms with E-state index in [0.29, 0.717) is 0 Å². The van der Waals surface area contributed by atoms with Crippen molar-refractivity contribution in [3.63, 3.8) is 0 Å². The molecule has 1 heterocycles. The van der Waals surface area contributed by atoms with Gasteiger partial charge in [0.05, 0.1) is 7.11 Å². The number of methoxy groups -OCH3 is 1. The van der Waals surface area contributed by atoms with Gasteiger partial charge in [-0.05, 0) is 5.41 Å². The standard InChI is InChI=1S/C9H12F3NOS/c1-8(2,3)6-5(9(10,11)12)13-7(14-4)15-6/h1-4H3. The summed E-state index contributed by atoms with van der Waals surface area (Å²) in [4.78, 5) is 3.64. The van der Waals surface area contributed by atoms with Crippen molar-refractivity contribution in [3.8, 4) is 5.19 Å². The van der Waals surface area contributed by atoms with E-state index < -0.39 is 17.3 Å². The minimum Gasteiger partial charge on any atom is -0.473 e. The zero-order chi connectivity index (χ0) is 11.9. The Kier molecular flexibility index (Phi) is 3.00. The molecular weight excluding hydrogens is 227 g/mol. The number of rotatable bonds is 1. The number of halogens is 3. The predicted octanol–water partition coefficient (Wildman–Crippen LogP) is 3.47. The first kappa shape index (κ1) is 12.3. The Balaban J connectivity index is 3.31. The molecule has 0 aliphatic rings. The molecule has 0 fully saturated rings. The molecule has 0 aliphatic carbocycles. The highest BCUT2D eigenvalue weighted by atomic mass is 32.1. The number of alkyl halides is 3. The Bertz CT molecular complexity index is 320. The Labute approximate surface area is 90.1 Å². The van der Waals surface area contributed by atoms with E-state index in [0.717, 1.165) is 11.3 Å². The van der Waals surface area contributed by atoms with Crippen LogP contribution in [0.5, 0.6) is 5.19 Å². The van der Waals surface area contributed by atoms with E-state index in [1.165, 1.54) is 7.11 Å². The molecule has 1 rings (SSSR count). The average molecular weight is 239 g/mol. The second-order valence-corrected chi connectivity index (χ2v) is 5.07. The quantitative estimate of drug-likeness (QED) is 0.748. The van der Waals surface area contributed by atoms with Crippen molar-refractivity contribution in [1.29, 1.82) is 0 Å². The first-order valence-electron chi connectivity index (χ1n) is 4.28. The summed E-state index contributed by atoms with van der Waals surface area (Å²) in [6.45, 7) is 5.15. The zero-order valence-electron chi connectivity index (χ0n) is 8.90. The van der Waals surface area contributed by atoms with Crippen molar-refractivity contribution in [2.45, 2.75) is 32.4 Å². The highest BCUT2D eigenvalue weighted by molar-refractivity contribution is 7.13. The summed E-state index contributed by atoms with van der Waals surface area (Å²) in [5.74, 6) is 0. The van der Waals surface area contributed by atoms with Crippen LogP contribution in [0.1, 0.15) is 31.3 Å². The van der Waals surface area contributed by atoms with Crippen molar-refractivity contribution in [2.75, 3.05) is 7.11 Å². The summed E-state index contributed by atoms with van der Waals surface area (Å²) in [5.41, 5.74) is -1.42. The van der Waals surface area contributed by atoms with Gasteiger partial charge in [0.15, 0.2) is 5.69 Å². The number of thiazole rings is 1. The van der Waals surface area contributed by atoms with E-state index in [-0.39, 0.29) is 10.1 Å². The Morgan fingerprint density at radius 1 is 1.20 bits per heavy atom. The van der Waals surface area contributed by atoms with Gasteiger partial charge in [-0.1, -0.05) is 32.1 Å². The van der Waals surface area contributed by atoms with Crippen LogP contribution in [0, 0.1) is 0 Å². The number of hydrogen-bond acceptors (Lipinski definition) is 3. The van der Waals surface area contributed by atoms with Gasteiger partial charge < -0.3 is 4.74 Å². The van der Waals surface area contributed by atoms with Crippen LogP contribution in [-0.4, -0.2) is 12.1 Å². The van der Waals surface area contributed by atoms with Gasteiger partial charge in [0, 0.05) is 4.88 Å². The van der Waals surface area contributed by atoms with E-state index in [1.807, 2.05) is 0 Å². The van der Waals surface area contributed by atoms with Crippen LogP contribution in [0.4, 0.5) is 13.2 Å². The van der Waals surface area contributed by atoms with E-state index in [4.69, 9.17) is 4.74 Å². The summed E-state index contributed by atoms with van der Waals surface area (Å²) in [7, 11) is 1.31. The molecular formula is C9H12F3NOS. The molecule has 0 unspecified atom stereocenters. The van der Waals surface area contributed by atoms with Crippen molar-refractivity contribution in [2.24, 2.45) is 0 Å². The lowest BCUT2D eigenvalue weighted by Gasteiger charge is -2.18. The third-order valence-corrected chi connectivity index (χ3v) is 3.17. The summed E-state index contributed by atoms with van der Waals surface area (Å²) in [6.07, 6.45) is -4.42. The van der Waals surface area contributed by atoms with Crippen molar-refractivity contribution < 1.29 is 17.9 Å². The minimum absolute atomic E-state index is 0.0484. The van der Waals surface area contributed by atoms with Gasteiger partial charge in [0.1, 0.15) is 0 Å². The van der Waals surface area contributed by atoms with Crippen molar-refractivity contribution in [3.05, 3.63) is 10.6 Å². The molecule has 1 aromatic rings. The fraction of sp³-hybridized carbons (Fsp3) is 0.667. The third kappa shape index (κ3) is 2.62. The molecule has 2 nitrogen and oxygen atoms in total. The second kappa shape index (κ2) is 3.66. The first-order chi connectivity index (χ1) is 6.66. The van der Waals surface area contributed by atoms with Gasteiger partial charge in [-0.2, -0.15) is 18.2 Å². The predicted molar refractivity (Wildman–Crippen MR) is 52.4 cm³/mol. The third-order valence-electron chi connectivity index (χ3n) is 1.73. The number of hydrogen-bond donors (Lipinski definition) is 0. The molecule has 1 aromatic heterocycles. The lowest BCUT2D eigenvalue weighted by atomic mass is 9.93. The van der Waals surface area contributed by atoms with Crippen molar-refractivity contribution in [1.82, 2.24) is 4.98 Å². The number of aromatic nitrogens is 1. The van der Waals surface area contributed by atoms with Gasteiger partial charge in [-0.25, -0.2) is 0 Å². The monoisotopic (exact) mass is 239 g/mol. The molecule has 0 N–H and O–H groups in total. The molecule has 0 saturated heterocycles. The topological polar surface area (TPSA) is 22.1 Å². The normalized spacial score (nSPS) is 13.0. The molecule has 6 heteroatoms. The summed E-state index contributed by atoms with van der Waals surface area (Å²) in [6, 6.07) is 0. The SMILES string of the molecule is COc1nc(C(F)(F)F)c(C(C)(C)C)s1. The summed E-state index contributed by atoms with van der Waals surface area (Å²) in [5, 5.41) is 0.0484. The molecule has 0 saturated carbocycles. The van der Waals surface area contributed by atoms with Crippen LogP contribution in [0.15, 0.2) is 0 Å². The lowest BCUT2D eigenvalue weighted by Crippen LogP contribution is -2.17. The molecule has 0 aliphatic heterocycles. The largest absolute Gasteiger partial charge is 0.473 e. The molecule has 0 amide bonds. The van der Waals surface area contributed by atoms with Crippen LogP contribution in [0.25, 0.3) is 0 Å². The Morgan fingerprint density at radius 3 is 2.00 bits per heavy atom. The van der Waals surface area contributed by atoms with E-state index in [1.54, 1.807) is 20.8 Å². The van der Waals surface area contributed by atoms with Crippen LogP contribution in [-0.2, 0) is 11.6 Å². The molecule has 0 bridgehead atoms. The number of nitrogens with zero attached hydrogens (tertiary/aromatic N) is 1. The van der Waals surface area contributed by atoms with Crippen molar-refractivity contribution >= 4 is 11.3 Å². The highest BCUT2D eigenvalue weighted by Gasteiger charge is 2.40. The highest BCUT2D eigenvalue weighted by Crippen LogP contribution is 2.42. The van der Waals surface area contributed by atoms with Crippen LogP contribution >= 0.6 is 11.3 Å². The maximum absolute atomic E-state index is 12.6. The summed E-state index contributed by atoms with van der Waals surface area (Å²) >= 11 is 0.940. The second-order valence-electron chi connectivity index (χ2n) is 4.11. The summed E-state index contributed by atoms with van der Waals surface area (Å²) < 4.78 is 42.6. The molecule has 15 heavy (non-hydrogen) atoms. The Morgan fingerprint density at radius 2 is 1.73 bits per heavy atom. The van der Waals surface area contributed by atoms with Gasteiger partial charge >= 0.3 is 6.18 Å². The minimum atomic E-state index is -4.42. The van der Waals surface area contributed by atoms with E-state index >= 15 is 0 Å². The van der Waals surface area contributed by atoms with Crippen LogP contribution in [0.3, 0.4) is 0 Å². The van der Waals surface area contributed by atoms with Crippen LogP contribution in [0.2, 0.25) is 0 Å². The average Bonchev–Trinajstić information content (AvgIpc) is 2.44. The Hall–Kier alpha value is -0.780. The van der Waals surface area contributed by atoms with E-state index in [2.05, 4.69) is 4.98 Å². The molecule has 0 aromatic carbocycles. The number of ether oxygens (including phenoxy) is 1. The van der Waals surface area contributed by atoms with E-state index in [9.17, 15) is 13.2 Å². The zero-order valence-corrected chi connectivity index (χ0v) is 9.71. The molecule has 0 spiro atoms. The fourth-order valence-electron chi connectivity index (χ4n) is 1.09.